The van der Waals surface area contributed by atoms with E-state index >= 15 is 0 Å². The first-order chi connectivity index (χ1) is 11.1. The molecule has 0 unspecified atom stereocenters. The largest absolute Gasteiger partial charge is 0.452 e. The molecule has 0 fully saturated rings. The summed E-state index contributed by atoms with van der Waals surface area (Å²) in [6, 6.07) is 9.27. The number of carbonyl (C=O) groups is 2. The van der Waals surface area contributed by atoms with Crippen LogP contribution in [0.4, 0.5) is 5.69 Å². The SMILES string of the molecule is Cc1ccc(C(=O)OCC(=O)Nc2ccc3c(c2)CCC3)cn1. The van der Waals surface area contributed by atoms with Gasteiger partial charge in [-0.05, 0) is 61.6 Å². The van der Waals surface area contributed by atoms with E-state index in [1.807, 2.05) is 25.1 Å². The van der Waals surface area contributed by atoms with Gasteiger partial charge < -0.3 is 10.1 Å². The Hall–Kier alpha value is -2.69. The number of nitrogens with one attached hydrogen (secondary N) is 1. The molecule has 5 nitrogen and oxygen atoms in total. The third-order valence-electron chi connectivity index (χ3n) is 3.86. The van der Waals surface area contributed by atoms with Gasteiger partial charge in [-0.1, -0.05) is 6.07 Å². The molecule has 1 aromatic heterocycles. The zero-order valence-electron chi connectivity index (χ0n) is 13.0. The van der Waals surface area contributed by atoms with Crippen molar-refractivity contribution in [3.05, 3.63) is 58.9 Å². The lowest BCUT2D eigenvalue weighted by Crippen LogP contribution is -2.21. The minimum Gasteiger partial charge on any atom is -0.452 e. The average Bonchev–Trinajstić information content (AvgIpc) is 3.01. The van der Waals surface area contributed by atoms with Gasteiger partial charge in [0.2, 0.25) is 0 Å². The van der Waals surface area contributed by atoms with Crippen LogP contribution < -0.4 is 5.32 Å². The lowest BCUT2D eigenvalue weighted by atomic mass is 10.1. The third kappa shape index (κ3) is 3.74. The van der Waals surface area contributed by atoms with Crippen LogP contribution >= 0.6 is 0 Å². The molecule has 0 saturated heterocycles. The van der Waals surface area contributed by atoms with Crippen molar-refractivity contribution in [2.24, 2.45) is 0 Å². The second-order valence-corrected chi connectivity index (χ2v) is 5.65. The predicted octanol–water partition coefficient (Wildman–Crippen LogP) is 2.67. The normalized spacial score (nSPS) is 12.6. The van der Waals surface area contributed by atoms with Crippen molar-refractivity contribution in [3.63, 3.8) is 0 Å². The number of esters is 1. The zero-order valence-corrected chi connectivity index (χ0v) is 13.0. The second-order valence-electron chi connectivity index (χ2n) is 5.65. The van der Waals surface area contributed by atoms with E-state index in [0.29, 0.717) is 5.56 Å². The van der Waals surface area contributed by atoms with Crippen LogP contribution in [0.15, 0.2) is 36.5 Å². The summed E-state index contributed by atoms with van der Waals surface area (Å²) in [6.45, 7) is 1.52. The Kier molecular flexibility index (Phi) is 4.37. The number of hydrogen-bond donors (Lipinski definition) is 1. The average molecular weight is 310 g/mol. The van der Waals surface area contributed by atoms with E-state index < -0.39 is 5.97 Å². The molecule has 5 heteroatoms. The number of aromatic nitrogens is 1. The number of benzene rings is 1. The summed E-state index contributed by atoms with van der Waals surface area (Å²) < 4.78 is 5.00. The van der Waals surface area contributed by atoms with Crippen molar-refractivity contribution in [1.82, 2.24) is 4.98 Å². The maximum atomic E-state index is 11.9. The molecule has 0 radical (unpaired) electrons. The fraction of sp³-hybridized carbons (Fsp3) is 0.278. The highest BCUT2D eigenvalue weighted by atomic mass is 16.5. The highest BCUT2D eigenvalue weighted by Crippen LogP contribution is 2.24. The predicted molar refractivity (Wildman–Crippen MR) is 86.4 cm³/mol. The molecule has 2 aromatic rings. The highest BCUT2D eigenvalue weighted by Gasteiger charge is 2.13. The van der Waals surface area contributed by atoms with E-state index in [9.17, 15) is 9.59 Å². The number of fused-ring (bicyclic) bond motifs is 1. The van der Waals surface area contributed by atoms with Gasteiger partial charge in [0.15, 0.2) is 6.61 Å². The first kappa shape index (κ1) is 15.2. The number of carbonyl (C=O) groups excluding carboxylic acids is 2. The molecule has 0 aliphatic heterocycles. The molecular weight excluding hydrogens is 292 g/mol. The number of rotatable bonds is 4. The first-order valence-corrected chi connectivity index (χ1v) is 7.63. The van der Waals surface area contributed by atoms with E-state index in [0.717, 1.165) is 30.6 Å². The van der Waals surface area contributed by atoms with Crippen LogP contribution in [-0.2, 0) is 22.4 Å². The van der Waals surface area contributed by atoms with Crippen LogP contribution in [0.25, 0.3) is 0 Å². The van der Waals surface area contributed by atoms with E-state index in [1.54, 1.807) is 12.1 Å². The van der Waals surface area contributed by atoms with Crippen molar-refractivity contribution in [3.8, 4) is 0 Å². The van der Waals surface area contributed by atoms with Crippen LogP contribution in [0.2, 0.25) is 0 Å². The minimum absolute atomic E-state index is 0.316. The van der Waals surface area contributed by atoms with Crippen molar-refractivity contribution in [2.75, 3.05) is 11.9 Å². The monoisotopic (exact) mass is 310 g/mol. The minimum atomic E-state index is -0.554. The Morgan fingerprint density at radius 2 is 2.00 bits per heavy atom. The summed E-state index contributed by atoms with van der Waals surface area (Å²) in [5.74, 6) is -0.905. The topological polar surface area (TPSA) is 68.3 Å². The Morgan fingerprint density at radius 1 is 1.17 bits per heavy atom. The van der Waals surface area contributed by atoms with Crippen LogP contribution in [0, 0.1) is 6.92 Å². The lowest BCUT2D eigenvalue weighted by Gasteiger charge is -2.08. The van der Waals surface area contributed by atoms with Gasteiger partial charge >= 0.3 is 5.97 Å². The van der Waals surface area contributed by atoms with Gasteiger partial charge in [0.25, 0.3) is 5.91 Å². The third-order valence-corrected chi connectivity index (χ3v) is 3.86. The van der Waals surface area contributed by atoms with Gasteiger partial charge in [0.1, 0.15) is 0 Å². The quantitative estimate of drug-likeness (QED) is 0.882. The number of hydrogen-bond acceptors (Lipinski definition) is 4. The molecule has 0 bridgehead atoms. The summed E-state index contributed by atoms with van der Waals surface area (Å²) in [5, 5.41) is 2.76. The highest BCUT2D eigenvalue weighted by molar-refractivity contribution is 5.95. The standard InChI is InChI=1S/C18H18N2O3/c1-12-5-6-15(10-19-12)18(22)23-11-17(21)20-16-8-7-13-3-2-4-14(13)9-16/h5-10H,2-4,11H2,1H3,(H,20,21). The van der Waals surface area contributed by atoms with Gasteiger partial charge in [0.05, 0.1) is 5.56 Å². The van der Waals surface area contributed by atoms with Gasteiger partial charge in [0, 0.05) is 17.6 Å². The molecule has 3 rings (SSSR count). The Labute approximate surface area is 134 Å². The molecular formula is C18H18N2O3. The summed E-state index contributed by atoms with van der Waals surface area (Å²) in [6.07, 6.45) is 4.76. The van der Waals surface area contributed by atoms with E-state index in [4.69, 9.17) is 4.74 Å². The number of anilines is 1. The van der Waals surface area contributed by atoms with Gasteiger partial charge in [-0.25, -0.2) is 4.79 Å². The Morgan fingerprint density at radius 3 is 2.78 bits per heavy atom. The molecule has 0 spiro atoms. The van der Waals surface area contributed by atoms with Crippen LogP contribution in [0.1, 0.15) is 33.6 Å². The smallest absolute Gasteiger partial charge is 0.340 e. The number of aryl methyl sites for hydroxylation is 3. The van der Waals surface area contributed by atoms with Crippen molar-refractivity contribution in [2.45, 2.75) is 26.2 Å². The lowest BCUT2D eigenvalue weighted by molar-refractivity contribution is -0.119. The van der Waals surface area contributed by atoms with E-state index in [-0.39, 0.29) is 12.5 Å². The maximum absolute atomic E-state index is 11.9. The van der Waals surface area contributed by atoms with Crippen LogP contribution in [0.5, 0.6) is 0 Å². The molecule has 1 aromatic carbocycles. The first-order valence-electron chi connectivity index (χ1n) is 7.63. The summed E-state index contributed by atoms with van der Waals surface area (Å²) in [4.78, 5) is 27.7. The van der Waals surface area contributed by atoms with E-state index in [2.05, 4.69) is 10.3 Å². The van der Waals surface area contributed by atoms with Gasteiger partial charge in [-0.2, -0.15) is 0 Å². The summed E-state index contributed by atoms with van der Waals surface area (Å²) in [7, 11) is 0. The number of ether oxygens (including phenoxy) is 1. The molecule has 1 aliphatic carbocycles. The molecule has 118 valence electrons. The van der Waals surface area contributed by atoms with Gasteiger partial charge in [-0.15, -0.1) is 0 Å². The van der Waals surface area contributed by atoms with Crippen LogP contribution in [0.3, 0.4) is 0 Å². The molecule has 0 atom stereocenters. The summed E-state index contributed by atoms with van der Waals surface area (Å²) >= 11 is 0. The molecule has 23 heavy (non-hydrogen) atoms. The maximum Gasteiger partial charge on any atom is 0.340 e. The van der Waals surface area contributed by atoms with Crippen molar-refractivity contribution >= 4 is 17.6 Å². The number of nitrogens with zero attached hydrogens (tertiary/aromatic N) is 1. The fourth-order valence-electron chi connectivity index (χ4n) is 2.65. The Bertz CT molecular complexity index is 738. The molecule has 0 saturated carbocycles. The second kappa shape index (κ2) is 6.60. The molecule has 1 aliphatic rings. The van der Waals surface area contributed by atoms with Gasteiger partial charge in [-0.3, -0.25) is 9.78 Å². The molecule has 1 amide bonds. The zero-order chi connectivity index (χ0) is 16.2. The van der Waals surface area contributed by atoms with Crippen molar-refractivity contribution < 1.29 is 14.3 Å². The fourth-order valence-corrected chi connectivity index (χ4v) is 2.65. The number of amides is 1. The Balaban J connectivity index is 1.53. The molecule has 1 heterocycles. The number of pyridine rings is 1. The summed E-state index contributed by atoms with van der Waals surface area (Å²) in [5.41, 5.74) is 4.52. The van der Waals surface area contributed by atoms with Crippen LogP contribution in [-0.4, -0.2) is 23.5 Å². The van der Waals surface area contributed by atoms with Crippen molar-refractivity contribution in [1.29, 1.82) is 0 Å². The van der Waals surface area contributed by atoms with E-state index in [1.165, 1.54) is 17.3 Å². The molecule has 1 N–H and O–H groups in total.